The van der Waals surface area contributed by atoms with Crippen LogP contribution >= 0.6 is 0 Å². The van der Waals surface area contributed by atoms with E-state index in [1.54, 1.807) is 24.3 Å². The third kappa shape index (κ3) is 4.60. The van der Waals surface area contributed by atoms with Crippen molar-refractivity contribution in [2.45, 2.75) is 24.7 Å². The lowest BCUT2D eigenvalue weighted by molar-refractivity contribution is -0.384. The van der Waals surface area contributed by atoms with E-state index >= 15 is 0 Å². The fourth-order valence-corrected chi connectivity index (χ4v) is 4.89. The summed E-state index contributed by atoms with van der Waals surface area (Å²) in [6.45, 7) is 2.29. The Labute approximate surface area is 174 Å². The largest absolute Gasteiger partial charge is 0.494 e. The second kappa shape index (κ2) is 8.80. The Morgan fingerprint density at radius 3 is 2.57 bits per heavy atom. The molecule has 1 N–H and O–H groups in total. The Balaban J connectivity index is 1.75. The summed E-state index contributed by atoms with van der Waals surface area (Å²) in [7, 11) is -2.34. The predicted molar refractivity (Wildman–Crippen MR) is 111 cm³/mol. The van der Waals surface area contributed by atoms with Crippen LogP contribution in [0.5, 0.6) is 5.75 Å². The van der Waals surface area contributed by atoms with Crippen LogP contribution in [-0.2, 0) is 14.8 Å². The van der Waals surface area contributed by atoms with Crippen molar-refractivity contribution >= 4 is 27.3 Å². The number of nitro groups is 1. The Kier molecular flexibility index (Phi) is 6.37. The number of rotatable bonds is 6. The van der Waals surface area contributed by atoms with Crippen LogP contribution in [0.2, 0.25) is 0 Å². The van der Waals surface area contributed by atoms with E-state index in [1.165, 1.54) is 29.6 Å². The average Bonchev–Trinajstić information content (AvgIpc) is 2.74. The second-order valence-electron chi connectivity index (χ2n) is 7.15. The van der Waals surface area contributed by atoms with Crippen molar-refractivity contribution in [1.82, 2.24) is 4.31 Å². The number of hydrogen-bond acceptors (Lipinski definition) is 6. The Morgan fingerprint density at radius 1 is 1.23 bits per heavy atom. The van der Waals surface area contributed by atoms with Gasteiger partial charge in [0, 0.05) is 19.2 Å². The molecule has 3 rings (SSSR count). The standard InChI is InChI=1S/C20H23N3O6S/c1-14-5-8-17(9-6-14)30(27,28)22-11-3-4-15(13-22)20(24)21-18-10-7-16(23(25)26)12-19(18)29-2/h5-10,12,15H,3-4,11,13H2,1-2H3,(H,21,24)/t15-/m0/s1. The highest BCUT2D eigenvalue weighted by Gasteiger charge is 2.33. The first kappa shape index (κ1) is 21.7. The summed E-state index contributed by atoms with van der Waals surface area (Å²) in [5.74, 6) is -0.734. The number of aryl methyl sites for hydroxylation is 1. The highest BCUT2D eigenvalue weighted by molar-refractivity contribution is 7.89. The number of methoxy groups -OCH3 is 1. The Morgan fingerprint density at radius 2 is 1.93 bits per heavy atom. The Bertz CT molecular complexity index is 1050. The number of amides is 1. The molecule has 9 nitrogen and oxygen atoms in total. The zero-order chi connectivity index (χ0) is 21.9. The minimum absolute atomic E-state index is 0.0668. The number of carbonyl (C=O) groups excluding carboxylic acids is 1. The quantitative estimate of drug-likeness (QED) is 0.553. The molecular weight excluding hydrogens is 410 g/mol. The molecule has 0 bridgehead atoms. The molecule has 2 aromatic rings. The number of non-ortho nitro benzene ring substituents is 1. The number of nitrogens with zero attached hydrogens (tertiary/aromatic N) is 2. The molecular formula is C20H23N3O6S. The SMILES string of the molecule is COc1cc([N+](=O)[O-])ccc1NC(=O)[C@H]1CCCN(S(=O)(=O)c2ccc(C)cc2)C1. The van der Waals surface area contributed by atoms with Gasteiger partial charge in [0.05, 0.1) is 34.6 Å². The normalized spacial score (nSPS) is 17.3. The third-order valence-corrected chi connectivity index (χ3v) is 6.95. The molecule has 10 heteroatoms. The van der Waals surface area contributed by atoms with E-state index in [4.69, 9.17) is 4.74 Å². The van der Waals surface area contributed by atoms with E-state index < -0.39 is 20.9 Å². The number of ether oxygens (including phenoxy) is 1. The first-order valence-corrected chi connectivity index (χ1v) is 10.9. The topological polar surface area (TPSA) is 119 Å². The van der Waals surface area contributed by atoms with E-state index in [2.05, 4.69) is 5.32 Å². The second-order valence-corrected chi connectivity index (χ2v) is 9.08. The third-order valence-electron chi connectivity index (χ3n) is 5.07. The highest BCUT2D eigenvalue weighted by atomic mass is 32.2. The average molecular weight is 433 g/mol. The van der Waals surface area contributed by atoms with Gasteiger partial charge in [0.15, 0.2) is 0 Å². The zero-order valence-electron chi connectivity index (χ0n) is 16.7. The molecule has 0 saturated carbocycles. The number of nitro benzene ring substituents is 1. The smallest absolute Gasteiger partial charge is 0.273 e. The van der Waals surface area contributed by atoms with Gasteiger partial charge in [0.25, 0.3) is 5.69 Å². The van der Waals surface area contributed by atoms with Crippen molar-refractivity contribution in [2.75, 3.05) is 25.5 Å². The fourth-order valence-electron chi connectivity index (χ4n) is 3.37. The van der Waals surface area contributed by atoms with E-state index in [1.807, 2.05) is 6.92 Å². The summed E-state index contributed by atoms with van der Waals surface area (Å²) in [5, 5.41) is 13.6. The van der Waals surface area contributed by atoms with Crippen LogP contribution in [0.25, 0.3) is 0 Å². The van der Waals surface area contributed by atoms with Crippen LogP contribution in [0.4, 0.5) is 11.4 Å². The van der Waals surface area contributed by atoms with Crippen molar-refractivity contribution in [1.29, 1.82) is 0 Å². The lowest BCUT2D eigenvalue weighted by atomic mass is 9.98. The van der Waals surface area contributed by atoms with Gasteiger partial charge >= 0.3 is 0 Å². The van der Waals surface area contributed by atoms with Crippen LogP contribution in [0.1, 0.15) is 18.4 Å². The lowest BCUT2D eigenvalue weighted by Gasteiger charge is -2.31. The summed E-state index contributed by atoms with van der Waals surface area (Å²) in [6, 6.07) is 10.5. The summed E-state index contributed by atoms with van der Waals surface area (Å²) in [4.78, 5) is 23.3. The van der Waals surface area contributed by atoms with Crippen LogP contribution in [0, 0.1) is 23.0 Å². The van der Waals surface area contributed by atoms with Gasteiger partial charge in [-0.05, 0) is 38.0 Å². The Hall–Kier alpha value is -2.98. The molecule has 30 heavy (non-hydrogen) atoms. The van der Waals surface area contributed by atoms with E-state index in [9.17, 15) is 23.3 Å². The highest BCUT2D eigenvalue weighted by Crippen LogP contribution is 2.31. The molecule has 0 spiro atoms. The van der Waals surface area contributed by atoms with Crippen molar-refractivity contribution in [3.8, 4) is 5.75 Å². The molecule has 0 aromatic heterocycles. The minimum atomic E-state index is -3.69. The number of carbonyl (C=O) groups is 1. The number of sulfonamides is 1. The maximum atomic E-state index is 12.9. The summed E-state index contributed by atoms with van der Waals surface area (Å²) < 4.78 is 32.3. The molecule has 0 aliphatic carbocycles. The first-order valence-electron chi connectivity index (χ1n) is 9.42. The van der Waals surface area contributed by atoms with Crippen molar-refractivity contribution in [2.24, 2.45) is 5.92 Å². The zero-order valence-corrected chi connectivity index (χ0v) is 17.5. The van der Waals surface area contributed by atoms with Gasteiger partial charge in [-0.25, -0.2) is 8.42 Å². The molecule has 1 heterocycles. The summed E-state index contributed by atoms with van der Waals surface area (Å²) >= 11 is 0. The van der Waals surface area contributed by atoms with Crippen molar-refractivity contribution in [3.63, 3.8) is 0 Å². The number of piperidine rings is 1. The number of nitrogens with one attached hydrogen (secondary N) is 1. The van der Waals surface area contributed by atoms with Crippen LogP contribution < -0.4 is 10.1 Å². The lowest BCUT2D eigenvalue weighted by Crippen LogP contribution is -2.43. The molecule has 160 valence electrons. The van der Waals surface area contributed by atoms with E-state index in [0.29, 0.717) is 25.1 Å². The van der Waals surface area contributed by atoms with Gasteiger partial charge in [-0.15, -0.1) is 0 Å². The number of benzene rings is 2. The fraction of sp³-hybridized carbons (Fsp3) is 0.350. The molecule has 1 amide bonds. The van der Waals surface area contributed by atoms with Gasteiger partial charge in [0.2, 0.25) is 15.9 Å². The van der Waals surface area contributed by atoms with E-state index in [-0.39, 0.29) is 28.8 Å². The van der Waals surface area contributed by atoms with E-state index in [0.717, 1.165) is 5.56 Å². The van der Waals surface area contributed by atoms with Crippen molar-refractivity contribution < 1.29 is 22.9 Å². The van der Waals surface area contributed by atoms with Crippen LogP contribution in [0.15, 0.2) is 47.4 Å². The minimum Gasteiger partial charge on any atom is -0.494 e. The maximum Gasteiger partial charge on any atom is 0.273 e. The van der Waals surface area contributed by atoms with Gasteiger partial charge in [-0.2, -0.15) is 4.31 Å². The van der Waals surface area contributed by atoms with Gasteiger partial charge in [0.1, 0.15) is 5.75 Å². The first-order chi connectivity index (χ1) is 14.2. The molecule has 1 fully saturated rings. The molecule has 1 aliphatic heterocycles. The monoisotopic (exact) mass is 433 g/mol. The maximum absolute atomic E-state index is 12.9. The summed E-state index contributed by atoms with van der Waals surface area (Å²) in [5.41, 5.74) is 1.10. The molecule has 2 aromatic carbocycles. The molecule has 1 aliphatic rings. The van der Waals surface area contributed by atoms with Gasteiger partial charge < -0.3 is 10.1 Å². The molecule has 1 saturated heterocycles. The predicted octanol–water partition coefficient (Wildman–Crippen LogP) is 2.95. The molecule has 0 radical (unpaired) electrons. The van der Waals surface area contributed by atoms with Gasteiger partial charge in [-0.3, -0.25) is 14.9 Å². The van der Waals surface area contributed by atoms with Crippen molar-refractivity contribution in [3.05, 3.63) is 58.1 Å². The van der Waals surface area contributed by atoms with Gasteiger partial charge in [-0.1, -0.05) is 17.7 Å². The molecule has 0 unspecified atom stereocenters. The van der Waals surface area contributed by atoms with Crippen LogP contribution in [0.3, 0.4) is 0 Å². The van der Waals surface area contributed by atoms with Crippen LogP contribution in [-0.4, -0.2) is 43.8 Å². The summed E-state index contributed by atoms with van der Waals surface area (Å²) in [6.07, 6.45) is 1.10. The number of anilines is 1. The molecule has 1 atom stereocenters. The number of hydrogen-bond donors (Lipinski definition) is 1.